The summed E-state index contributed by atoms with van der Waals surface area (Å²) in [4.78, 5) is 29.3. The van der Waals surface area contributed by atoms with E-state index in [1.807, 2.05) is 30.6 Å². The van der Waals surface area contributed by atoms with Crippen LogP contribution in [-0.2, 0) is 31.9 Å². The topological polar surface area (TPSA) is 68.9 Å². The Balaban J connectivity index is 1.63. The van der Waals surface area contributed by atoms with E-state index >= 15 is 0 Å². The predicted molar refractivity (Wildman–Crippen MR) is 95.2 cm³/mol. The van der Waals surface area contributed by atoms with Gasteiger partial charge in [-0.05, 0) is 31.0 Å². The van der Waals surface area contributed by atoms with Gasteiger partial charge in [-0.15, -0.1) is 11.3 Å². The van der Waals surface area contributed by atoms with Crippen LogP contribution in [0.15, 0.2) is 28.5 Å². The normalized spacial score (nSPS) is 11.1. The number of imidazole rings is 1. The van der Waals surface area contributed by atoms with Crippen LogP contribution in [0.2, 0.25) is 0 Å². The van der Waals surface area contributed by atoms with Crippen LogP contribution in [0.1, 0.15) is 22.6 Å². The number of benzene rings is 1. The van der Waals surface area contributed by atoms with Gasteiger partial charge in [0, 0.05) is 31.9 Å². The number of hydrogen-bond acceptors (Lipinski definition) is 4. The number of thiazole rings is 1. The molecule has 0 saturated carbocycles. The molecular weight excluding hydrogens is 324 g/mol. The Bertz CT molecular complexity index is 951. The average Bonchev–Trinajstić information content (AvgIpc) is 3.08. The zero-order valence-corrected chi connectivity index (χ0v) is 14.8. The molecule has 0 aliphatic carbocycles. The monoisotopic (exact) mass is 344 g/mol. The van der Waals surface area contributed by atoms with Gasteiger partial charge in [-0.25, -0.2) is 9.78 Å². The molecule has 3 rings (SSSR count). The van der Waals surface area contributed by atoms with Crippen molar-refractivity contribution < 1.29 is 4.79 Å². The molecule has 6 nitrogen and oxygen atoms in total. The Hall–Kier alpha value is -2.41. The zero-order chi connectivity index (χ0) is 17.3. The van der Waals surface area contributed by atoms with E-state index in [0.29, 0.717) is 19.4 Å². The summed E-state index contributed by atoms with van der Waals surface area (Å²) in [6.45, 7) is 2.42. The number of nitrogens with one attached hydrogen (secondary N) is 1. The molecule has 0 atom stereocenters. The highest BCUT2D eigenvalue weighted by atomic mass is 32.1. The SMILES string of the molecule is Cc1ncsc1CCC(=O)NCc1ccc2c(c1)n(C)c(=O)n2C. The molecule has 0 bridgehead atoms. The highest BCUT2D eigenvalue weighted by molar-refractivity contribution is 7.09. The van der Waals surface area contributed by atoms with Crippen LogP contribution in [-0.4, -0.2) is 20.0 Å². The van der Waals surface area contributed by atoms with Crippen molar-refractivity contribution in [1.29, 1.82) is 0 Å². The number of hydrogen-bond donors (Lipinski definition) is 1. The second-order valence-electron chi connectivity index (χ2n) is 5.86. The molecule has 0 aliphatic heterocycles. The van der Waals surface area contributed by atoms with Crippen LogP contribution >= 0.6 is 11.3 Å². The standard InChI is InChI=1S/C17H20N4O2S/c1-11-15(24-10-19-11)6-7-16(22)18-9-12-4-5-13-14(8-12)21(3)17(23)20(13)2/h4-5,8,10H,6-7,9H2,1-3H3,(H,18,22). The van der Waals surface area contributed by atoms with E-state index in [9.17, 15) is 9.59 Å². The van der Waals surface area contributed by atoms with Gasteiger partial charge in [-0.1, -0.05) is 6.07 Å². The maximum Gasteiger partial charge on any atom is 0.328 e. The lowest BCUT2D eigenvalue weighted by Gasteiger charge is -2.06. The van der Waals surface area contributed by atoms with Crippen molar-refractivity contribution in [3.63, 3.8) is 0 Å². The number of fused-ring (bicyclic) bond motifs is 1. The molecule has 0 spiro atoms. The molecule has 1 aromatic carbocycles. The Morgan fingerprint density at radius 2 is 2.00 bits per heavy atom. The molecule has 0 aliphatic rings. The van der Waals surface area contributed by atoms with E-state index in [0.717, 1.165) is 27.2 Å². The van der Waals surface area contributed by atoms with Crippen molar-refractivity contribution in [2.75, 3.05) is 0 Å². The Labute approximate surface area is 143 Å². The summed E-state index contributed by atoms with van der Waals surface area (Å²) in [6.07, 6.45) is 1.17. The molecule has 24 heavy (non-hydrogen) atoms. The summed E-state index contributed by atoms with van der Waals surface area (Å²) in [5, 5.41) is 2.94. The maximum atomic E-state index is 12.0. The third-order valence-corrected chi connectivity index (χ3v) is 5.24. The molecule has 2 heterocycles. The third-order valence-electron chi connectivity index (χ3n) is 4.25. The molecule has 0 saturated heterocycles. The lowest BCUT2D eigenvalue weighted by Crippen LogP contribution is -2.23. The third kappa shape index (κ3) is 3.12. The van der Waals surface area contributed by atoms with E-state index in [1.54, 1.807) is 34.6 Å². The number of nitrogens with zero attached hydrogens (tertiary/aromatic N) is 3. The molecular formula is C17H20N4O2S. The highest BCUT2D eigenvalue weighted by Crippen LogP contribution is 2.15. The summed E-state index contributed by atoms with van der Waals surface area (Å²) >= 11 is 1.59. The number of aryl methyl sites for hydroxylation is 4. The average molecular weight is 344 g/mol. The molecule has 3 aromatic rings. The molecule has 0 radical (unpaired) electrons. The maximum absolute atomic E-state index is 12.0. The Kier molecular flexibility index (Phi) is 4.53. The van der Waals surface area contributed by atoms with E-state index in [4.69, 9.17) is 0 Å². The minimum absolute atomic E-state index is 0.0184. The predicted octanol–water partition coefficient (Wildman–Crippen LogP) is 1.89. The fourth-order valence-electron chi connectivity index (χ4n) is 2.74. The van der Waals surface area contributed by atoms with Crippen LogP contribution < -0.4 is 11.0 Å². The van der Waals surface area contributed by atoms with Crippen LogP contribution in [0, 0.1) is 6.92 Å². The van der Waals surface area contributed by atoms with Crippen LogP contribution in [0.25, 0.3) is 11.0 Å². The lowest BCUT2D eigenvalue weighted by atomic mass is 10.2. The molecule has 1 amide bonds. The minimum Gasteiger partial charge on any atom is -0.352 e. The van der Waals surface area contributed by atoms with Gasteiger partial charge < -0.3 is 5.32 Å². The van der Waals surface area contributed by atoms with Crippen molar-refractivity contribution >= 4 is 28.3 Å². The summed E-state index contributed by atoms with van der Waals surface area (Å²) < 4.78 is 3.24. The minimum atomic E-state index is -0.0499. The van der Waals surface area contributed by atoms with Crippen LogP contribution in [0.3, 0.4) is 0 Å². The fraction of sp³-hybridized carbons (Fsp3) is 0.353. The van der Waals surface area contributed by atoms with E-state index in [-0.39, 0.29) is 11.6 Å². The quantitative estimate of drug-likeness (QED) is 0.768. The van der Waals surface area contributed by atoms with Gasteiger partial charge >= 0.3 is 5.69 Å². The molecule has 0 fully saturated rings. The van der Waals surface area contributed by atoms with Crippen molar-refractivity contribution in [2.24, 2.45) is 14.1 Å². The van der Waals surface area contributed by atoms with Gasteiger partial charge in [0.25, 0.3) is 0 Å². The van der Waals surface area contributed by atoms with Crippen LogP contribution in [0.5, 0.6) is 0 Å². The van der Waals surface area contributed by atoms with Gasteiger partial charge in [0.2, 0.25) is 5.91 Å². The summed E-state index contributed by atoms with van der Waals surface area (Å²) in [5.41, 5.74) is 5.50. The smallest absolute Gasteiger partial charge is 0.328 e. The van der Waals surface area contributed by atoms with Crippen LogP contribution in [0.4, 0.5) is 0 Å². The van der Waals surface area contributed by atoms with E-state index < -0.39 is 0 Å². The van der Waals surface area contributed by atoms with Gasteiger partial charge in [0.1, 0.15) is 0 Å². The van der Waals surface area contributed by atoms with E-state index in [2.05, 4.69) is 10.3 Å². The van der Waals surface area contributed by atoms with E-state index in [1.165, 1.54) is 0 Å². The lowest BCUT2D eigenvalue weighted by molar-refractivity contribution is -0.121. The summed E-state index contributed by atoms with van der Waals surface area (Å²) in [5.74, 6) is 0.0184. The Morgan fingerprint density at radius 3 is 2.71 bits per heavy atom. The van der Waals surface area contributed by atoms with Gasteiger partial charge in [-0.3, -0.25) is 13.9 Å². The first-order valence-corrected chi connectivity index (χ1v) is 8.65. The van der Waals surface area contributed by atoms with Crippen molar-refractivity contribution in [3.05, 3.63) is 50.3 Å². The van der Waals surface area contributed by atoms with Gasteiger partial charge in [0.05, 0.1) is 22.2 Å². The van der Waals surface area contributed by atoms with Crippen molar-refractivity contribution in [2.45, 2.75) is 26.3 Å². The highest BCUT2D eigenvalue weighted by Gasteiger charge is 2.09. The molecule has 0 unspecified atom stereocenters. The van der Waals surface area contributed by atoms with Crippen molar-refractivity contribution in [1.82, 2.24) is 19.4 Å². The number of carbonyl (C=O) groups is 1. The first-order chi connectivity index (χ1) is 11.5. The van der Waals surface area contributed by atoms with Gasteiger partial charge in [0.15, 0.2) is 0 Å². The molecule has 1 N–H and O–H groups in total. The number of aromatic nitrogens is 3. The first kappa shape index (κ1) is 16.4. The second kappa shape index (κ2) is 6.60. The number of rotatable bonds is 5. The number of carbonyl (C=O) groups excluding carboxylic acids is 1. The van der Waals surface area contributed by atoms with Crippen molar-refractivity contribution in [3.8, 4) is 0 Å². The molecule has 126 valence electrons. The molecule has 7 heteroatoms. The summed E-state index contributed by atoms with van der Waals surface area (Å²) in [7, 11) is 3.51. The molecule has 2 aromatic heterocycles. The number of amides is 1. The largest absolute Gasteiger partial charge is 0.352 e. The Morgan fingerprint density at radius 1 is 1.25 bits per heavy atom. The van der Waals surface area contributed by atoms with Gasteiger partial charge in [-0.2, -0.15) is 0 Å². The summed E-state index contributed by atoms with van der Waals surface area (Å²) in [6, 6.07) is 5.80. The first-order valence-electron chi connectivity index (χ1n) is 7.77. The zero-order valence-electron chi connectivity index (χ0n) is 14.0. The fourth-order valence-corrected chi connectivity index (χ4v) is 3.53. The second-order valence-corrected chi connectivity index (χ2v) is 6.80.